The predicted octanol–water partition coefficient (Wildman–Crippen LogP) is 0.817. The van der Waals surface area contributed by atoms with Crippen LogP contribution in [0.2, 0.25) is 0 Å². The number of carbonyl (C=O) groups is 1. The molecule has 0 unspecified atom stereocenters. The molecule has 0 radical (unpaired) electrons. The monoisotopic (exact) mass is 294 g/mol. The molecule has 0 spiro atoms. The van der Waals surface area contributed by atoms with Crippen LogP contribution in [-0.4, -0.2) is 72.4 Å². The van der Waals surface area contributed by atoms with E-state index in [9.17, 15) is 9.18 Å². The molecule has 116 valence electrons. The Hall–Kier alpha value is -1.53. The van der Waals surface area contributed by atoms with Gasteiger partial charge in [-0.1, -0.05) is 0 Å². The average Bonchev–Trinajstić information content (AvgIpc) is 2.67. The van der Waals surface area contributed by atoms with Crippen LogP contribution in [0.4, 0.5) is 4.39 Å². The summed E-state index contributed by atoms with van der Waals surface area (Å²) in [5.41, 5.74) is 0.884. The van der Waals surface area contributed by atoms with Gasteiger partial charge in [-0.05, 0) is 31.6 Å². The lowest BCUT2D eigenvalue weighted by Crippen LogP contribution is -2.38. The van der Waals surface area contributed by atoms with Crippen LogP contribution in [0.15, 0.2) is 18.3 Å². The third-order valence-corrected chi connectivity index (χ3v) is 3.71. The van der Waals surface area contributed by atoms with E-state index >= 15 is 0 Å². The van der Waals surface area contributed by atoms with E-state index in [0.29, 0.717) is 6.54 Å². The van der Waals surface area contributed by atoms with Crippen LogP contribution in [0, 0.1) is 5.82 Å². The summed E-state index contributed by atoms with van der Waals surface area (Å²) in [6, 6.07) is 3.18. The number of rotatable bonds is 4. The maximum Gasteiger partial charge on any atom is 0.236 e. The molecule has 6 heteroatoms. The van der Waals surface area contributed by atoms with Gasteiger partial charge in [0.1, 0.15) is 5.82 Å². The number of carbonyl (C=O) groups excluding carboxylic acids is 1. The molecule has 0 aliphatic carbocycles. The van der Waals surface area contributed by atoms with Crippen LogP contribution < -0.4 is 0 Å². The molecule has 1 aromatic rings. The zero-order valence-electron chi connectivity index (χ0n) is 12.8. The molecule has 0 N–H and O–H groups in total. The molecule has 0 atom stereocenters. The van der Waals surface area contributed by atoms with Crippen molar-refractivity contribution in [1.82, 2.24) is 19.7 Å². The largest absolute Gasteiger partial charge is 0.348 e. The Balaban J connectivity index is 1.83. The Labute approximate surface area is 125 Å². The van der Waals surface area contributed by atoms with Gasteiger partial charge in [-0.2, -0.15) is 0 Å². The van der Waals surface area contributed by atoms with Crippen molar-refractivity contribution in [2.75, 3.05) is 46.8 Å². The number of aromatic nitrogens is 1. The number of pyridine rings is 1. The predicted molar refractivity (Wildman–Crippen MR) is 79.2 cm³/mol. The van der Waals surface area contributed by atoms with E-state index < -0.39 is 0 Å². The number of halogens is 1. The van der Waals surface area contributed by atoms with E-state index in [4.69, 9.17) is 0 Å². The van der Waals surface area contributed by atoms with Gasteiger partial charge in [0.25, 0.3) is 0 Å². The van der Waals surface area contributed by atoms with Crippen molar-refractivity contribution < 1.29 is 9.18 Å². The number of hydrogen-bond donors (Lipinski definition) is 0. The summed E-state index contributed by atoms with van der Waals surface area (Å²) < 4.78 is 12.8. The first-order chi connectivity index (χ1) is 10.0. The molecule has 0 aromatic carbocycles. The maximum absolute atomic E-state index is 12.8. The van der Waals surface area contributed by atoms with Gasteiger partial charge in [0.2, 0.25) is 5.91 Å². The standard InChI is InChI=1S/C15H23FN4O/c1-18(2)15(21)12-20-7-3-6-19(8-9-20)11-14-5-4-13(16)10-17-14/h4-5,10H,3,6-9,11-12H2,1-2H3. The molecule has 1 aliphatic rings. The molecule has 2 rings (SSSR count). The van der Waals surface area contributed by atoms with Crippen molar-refractivity contribution in [2.24, 2.45) is 0 Å². The van der Waals surface area contributed by atoms with Crippen LogP contribution in [0.25, 0.3) is 0 Å². The third-order valence-electron chi connectivity index (χ3n) is 3.71. The van der Waals surface area contributed by atoms with Gasteiger partial charge in [0.15, 0.2) is 0 Å². The first-order valence-corrected chi connectivity index (χ1v) is 7.30. The quantitative estimate of drug-likeness (QED) is 0.824. The average molecular weight is 294 g/mol. The van der Waals surface area contributed by atoms with Crippen molar-refractivity contribution >= 4 is 5.91 Å². The van der Waals surface area contributed by atoms with Gasteiger partial charge in [0.05, 0.1) is 18.4 Å². The number of hydrogen-bond acceptors (Lipinski definition) is 4. The minimum atomic E-state index is -0.303. The van der Waals surface area contributed by atoms with Crippen LogP contribution in [0.1, 0.15) is 12.1 Å². The van der Waals surface area contributed by atoms with Crippen LogP contribution >= 0.6 is 0 Å². The Morgan fingerprint density at radius 2 is 1.95 bits per heavy atom. The Bertz CT molecular complexity index is 463. The normalized spacial score (nSPS) is 17.5. The highest BCUT2D eigenvalue weighted by molar-refractivity contribution is 5.77. The molecule has 5 nitrogen and oxygen atoms in total. The van der Waals surface area contributed by atoms with E-state index in [1.165, 1.54) is 12.3 Å². The minimum absolute atomic E-state index is 0.142. The van der Waals surface area contributed by atoms with Gasteiger partial charge < -0.3 is 4.90 Å². The molecule has 1 amide bonds. The summed E-state index contributed by atoms with van der Waals surface area (Å²) in [4.78, 5) is 22.0. The second-order valence-corrected chi connectivity index (χ2v) is 5.66. The van der Waals surface area contributed by atoms with Crippen molar-refractivity contribution in [3.8, 4) is 0 Å². The summed E-state index contributed by atoms with van der Waals surface area (Å²) in [6.07, 6.45) is 2.29. The Kier molecular flexibility index (Phi) is 5.64. The lowest BCUT2D eigenvalue weighted by Gasteiger charge is -2.22. The second kappa shape index (κ2) is 7.47. The Morgan fingerprint density at radius 1 is 1.24 bits per heavy atom. The highest BCUT2D eigenvalue weighted by Crippen LogP contribution is 2.08. The van der Waals surface area contributed by atoms with Crippen LogP contribution in [0.3, 0.4) is 0 Å². The molecule has 1 aromatic heterocycles. The number of likely N-dealkylation sites (N-methyl/N-ethyl adjacent to an activating group) is 1. The minimum Gasteiger partial charge on any atom is -0.348 e. The lowest BCUT2D eigenvalue weighted by molar-refractivity contribution is -0.129. The summed E-state index contributed by atoms with van der Waals surface area (Å²) >= 11 is 0. The van der Waals surface area contributed by atoms with E-state index in [1.54, 1.807) is 25.1 Å². The van der Waals surface area contributed by atoms with E-state index in [2.05, 4.69) is 14.8 Å². The molecular weight excluding hydrogens is 271 g/mol. The zero-order valence-corrected chi connectivity index (χ0v) is 12.8. The van der Waals surface area contributed by atoms with Gasteiger partial charge in [-0.15, -0.1) is 0 Å². The third kappa shape index (κ3) is 5.06. The van der Waals surface area contributed by atoms with Crippen molar-refractivity contribution in [1.29, 1.82) is 0 Å². The van der Waals surface area contributed by atoms with Gasteiger partial charge in [-0.3, -0.25) is 19.6 Å². The SMILES string of the molecule is CN(C)C(=O)CN1CCCN(Cc2ccc(F)cn2)CC1. The Morgan fingerprint density at radius 3 is 2.62 bits per heavy atom. The molecule has 1 saturated heterocycles. The summed E-state index contributed by atoms with van der Waals surface area (Å²) in [5.74, 6) is -0.161. The van der Waals surface area contributed by atoms with E-state index in [0.717, 1.165) is 44.8 Å². The fraction of sp³-hybridized carbons (Fsp3) is 0.600. The van der Waals surface area contributed by atoms with Crippen molar-refractivity contribution in [2.45, 2.75) is 13.0 Å². The summed E-state index contributed by atoms with van der Waals surface area (Å²) in [5, 5.41) is 0. The summed E-state index contributed by atoms with van der Waals surface area (Å²) in [6.45, 7) is 4.91. The molecule has 2 heterocycles. The zero-order chi connectivity index (χ0) is 15.2. The fourth-order valence-electron chi connectivity index (χ4n) is 2.40. The molecule has 1 fully saturated rings. The van der Waals surface area contributed by atoms with Crippen molar-refractivity contribution in [3.05, 3.63) is 29.8 Å². The van der Waals surface area contributed by atoms with E-state index in [1.807, 2.05) is 0 Å². The first kappa shape index (κ1) is 15.9. The highest BCUT2D eigenvalue weighted by atomic mass is 19.1. The summed E-state index contributed by atoms with van der Waals surface area (Å²) in [7, 11) is 3.57. The van der Waals surface area contributed by atoms with Crippen LogP contribution in [-0.2, 0) is 11.3 Å². The first-order valence-electron chi connectivity index (χ1n) is 7.30. The van der Waals surface area contributed by atoms with Gasteiger partial charge in [0, 0.05) is 33.7 Å². The lowest BCUT2D eigenvalue weighted by atomic mass is 10.3. The molecule has 21 heavy (non-hydrogen) atoms. The van der Waals surface area contributed by atoms with Gasteiger partial charge >= 0.3 is 0 Å². The molecule has 0 bridgehead atoms. The molecule has 0 saturated carbocycles. The highest BCUT2D eigenvalue weighted by Gasteiger charge is 2.18. The molecular formula is C15H23FN4O. The van der Waals surface area contributed by atoms with Crippen molar-refractivity contribution in [3.63, 3.8) is 0 Å². The number of amides is 1. The molecule has 1 aliphatic heterocycles. The smallest absolute Gasteiger partial charge is 0.236 e. The maximum atomic E-state index is 12.8. The van der Waals surface area contributed by atoms with E-state index in [-0.39, 0.29) is 11.7 Å². The fourth-order valence-corrected chi connectivity index (χ4v) is 2.40. The number of nitrogens with zero attached hydrogens (tertiary/aromatic N) is 4. The van der Waals surface area contributed by atoms with Gasteiger partial charge in [-0.25, -0.2) is 4.39 Å². The van der Waals surface area contributed by atoms with Crippen LogP contribution in [0.5, 0.6) is 0 Å². The topological polar surface area (TPSA) is 39.7 Å². The second-order valence-electron chi connectivity index (χ2n) is 5.66.